The number of benzene rings is 12. The van der Waals surface area contributed by atoms with E-state index in [9.17, 15) is 0 Å². The molecule has 0 saturated carbocycles. The summed E-state index contributed by atoms with van der Waals surface area (Å²) in [6, 6.07) is 96.2. The van der Waals surface area contributed by atoms with Gasteiger partial charge >= 0.3 is 0 Å². The highest BCUT2D eigenvalue weighted by Gasteiger charge is 2.26. The summed E-state index contributed by atoms with van der Waals surface area (Å²) in [5.74, 6) is 0. The van der Waals surface area contributed by atoms with Gasteiger partial charge in [0.2, 0.25) is 0 Å². The Morgan fingerprint density at radius 2 is 0.403 bits per heavy atom. The van der Waals surface area contributed by atoms with Crippen molar-refractivity contribution in [3.63, 3.8) is 0 Å². The third kappa shape index (κ3) is 7.30. The second-order valence-electron chi connectivity index (χ2n) is 17.6. The molecule has 12 aromatic carbocycles. The molecule has 0 radical (unpaired) electrons. The number of hydrogen-bond acceptors (Lipinski definition) is 0. The second kappa shape index (κ2) is 17.1. The third-order valence-electron chi connectivity index (χ3n) is 13.5. The van der Waals surface area contributed by atoms with E-state index in [0.717, 1.165) is 0 Å². The Hall–Kier alpha value is -8.58. The molecule has 0 spiro atoms. The zero-order valence-corrected chi connectivity index (χ0v) is 37.3. The smallest absolute Gasteiger partial charge is 0.000139 e. The Morgan fingerprint density at radius 1 is 0.179 bits per heavy atom. The van der Waals surface area contributed by atoms with Gasteiger partial charge in [-0.05, 0) is 140 Å². The fraction of sp³-hybridized carbons (Fsp3) is 0.0149. The molecule has 0 bridgehead atoms. The summed E-state index contributed by atoms with van der Waals surface area (Å²) in [6.45, 7) is 2.14. The van der Waals surface area contributed by atoms with E-state index in [1.165, 1.54) is 127 Å². The van der Waals surface area contributed by atoms with Crippen LogP contribution in [0, 0.1) is 6.92 Å². The van der Waals surface area contributed by atoms with Crippen molar-refractivity contribution in [1.82, 2.24) is 0 Å². The molecule has 0 aliphatic heterocycles. The van der Waals surface area contributed by atoms with Gasteiger partial charge in [0.1, 0.15) is 0 Å². The zero-order chi connectivity index (χ0) is 44.7. The molecular weight excluding hydrogens is 805 g/mol. The summed E-state index contributed by atoms with van der Waals surface area (Å²) in [5, 5.41) is 7.40. The molecule has 0 unspecified atom stereocenters. The Labute approximate surface area is 392 Å². The number of aryl methyl sites for hydroxylation is 1. The van der Waals surface area contributed by atoms with Crippen molar-refractivity contribution < 1.29 is 0 Å². The van der Waals surface area contributed by atoms with Crippen LogP contribution in [0.2, 0.25) is 0 Å². The average molecular weight is 851 g/mol. The number of hydrogen-bond donors (Lipinski definition) is 0. The molecule has 0 aliphatic rings. The molecule has 67 heavy (non-hydrogen) atoms. The van der Waals surface area contributed by atoms with Gasteiger partial charge < -0.3 is 0 Å². The monoisotopic (exact) mass is 850 g/mol. The van der Waals surface area contributed by atoms with E-state index < -0.39 is 0 Å². The van der Waals surface area contributed by atoms with E-state index in [1.807, 2.05) is 0 Å². The lowest BCUT2D eigenvalue weighted by molar-refractivity contribution is 1.47. The first-order chi connectivity index (χ1) is 33.2. The van der Waals surface area contributed by atoms with Crippen LogP contribution in [0.3, 0.4) is 0 Å². The molecule has 0 nitrogen and oxygen atoms in total. The molecule has 0 amide bonds. The quantitative estimate of drug-likeness (QED) is 0.134. The Morgan fingerprint density at radius 3 is 0.716 bits per heavy atom. The first-order valence-corrected chi connectivity index (χ1v) is 23.2. The molecule has 0 saturated heterocycles. The largest absolute Gasteiger partial charge is 0.0622 e. The summed E-state index contributed by atoms with van der Waals surface area (Å²) in [6.07, 6.45) is 0. The molecule has 0 heteroatoms. The SMILES string of the molecule is Cc1ccc(-c2ccc(-c3ccc4c(-c5ccccc5)c5c(-c6ccccc6)c6cc(-c7ccc(-c8ccccc8)cc7)ccc6c(-c6ccccc6)c5c(-c5ccccc5)c4c3)cc2)cc1. The zero-order valence-electron chi connectivity index (χ0n) is 37.3. The van der Waals surface area contributed by atoms with Gasteiger partial charge in [-0.2, -0.15) is 0 Å². The lowest BCUT2D eigenvalue weighted by Gasteiger charge is -2.26. The summed E-state index contributed by atoms with van der Waals surface area (Å²) in [4.78, 5) is 0. The topological polar surface area (TPSA) is 0 Å². The van der Waals surface area contributed by atoms with Crippen molar-refractivity contribution in [1.29, 1.82) is 0 Å². The van der Waals surface area contributed by atoms with Crippen LogP contribution < -0.4 is 0 Å². The van der Waals surface area contributed by atoms with Crippen molar-refractivity contribution in [2.45, 2.75) is 6.92 Å². The summed E-state index contributed by atoms with van der Waals surface area (Å²) in [7, 11) is 0. The molecule has 0 atom stereocenters. The van der Waals surface area contributed by atoms with Gasteiger partial charge in [0, 0.05) is 0 Å². The molecule has 12 aromatic rings. The predicted molar refractivity (Wildman–Crippen MR) is 287 cm³/mol. The van der Waals surface area contributed by atoms with Crippen LogP contribution in [-0.4, -0.2) is 0 Å². The van der Waals surface area contributed by atoms with Gasteiger partial charge in [-0.15, -0.1) is 0 Å². The van der Waals surface area contributed by atoms with Crippen LogP contribution in [0.25, 0.3) is 121 Å². The maximum absolute atomic E-state index is 2.45. The maximum Gasteiger partial charge on any atom is -0.000139 e. The molecular formula is C67H46. The first-order valence-electron chi connectivity index (χ1n) is 23.2. The molecule has 0 aromatic heterocycles. The van der Waals surface area contributed by atoms with Gasteiger partial charge in [0.15, 0.2) is 0 Å². The van der Waals surface area contributed by atoms with E-state index in [4.69, 9.17) is 0 Å². The average Bonchev–Trinajstić information content (AvgIpc) is 3.41. The standard InChI is InChI=1S/C67H46/c1-45-27-29-47(30-28-45)49-33-37-51(38-34-49)57-40-42-59-61(44-57)65(55-25-15-6-16-26-55)67-62(52-19-9-3-10-20-52)58-41-39-56(50-35-31-48(32-36-50)46-17-7-2-8-18-46)43-60(58)64(54-23-13-5-14-24-54)66(67)63(59)53-21-11-4-12-22-53/h2-44H,1H3. The molecule has 12 rings (SSSR count). The number of rotatable bonds is 8. The van der Waals surface area contributed by atoms with Crippen LogP contribution in [0.5, 0.6) is 0 Å². The summed E-state index contributed by atoms with van der Waals surface area (Å²) < 4.78 is 0. The predicted octanol–water partition coefficient (Wildman–Crippen LogP) is 18.8. The minimum absolute atomic E-state index is 1.19. The van der Waals surface area contributed by atoms with Gasteiger partial charge in [0.05, 0.1) is 0 Å². The van der Waals surface area contributed by atoms with Crippen molar-refractivity contribution in [2.75, 3.05) is 0 Å². The second-order valence-corrected chi connectivity index (χ2v) is 17.6. The highest BCUT2D eigenvalue weighted by molar-refractivity contribution is 6.34. The fourth-order valence-electron chi connectivity index (χ4n) is 10.3. The van der Waals surface area contributed by atoms with Crippen molar-refractivity contribution in [2.24, 2.45) is 0 Å². The van der Waals surface area contributed by atoms with Crippen molar-refractivity contribution in [3.05, 3.63) is 266 Å². The van der Waals surface area contributed by atoms with Crippen LogP contribution in [0.15, 0.2) is 261 Å². The molecule has 0 heterocycles. The van der Waals surface area contributed by atoms with Crippen LogP contribution in [-0.2, 0) is 0 Å². The van der Waals surface area contributed by atoms with E-state index >= 15 is 0 Å². The van der Waals surface area contributed by atoms with Crippen molar-refractivity contribution >= 4 is 32.3 Å². The third-order valence-corrected chi connectivity index (χ3v) is 13.5. The summed E-state index contributed by atoms with van der Waals surface area (Å²) in [5.41, 5.74) is 20.6. The minimum atomic E-state index is 1.19. The first kappa shape index (κ1) is 40.0. The van der Waals surface area contributed by atoms with Crippen molar-refractivity contribution in [3.8, 4) is 89.0 Å². The van der Waals surface area contributed by atoms with Crippen LogP contribution >= 0.6 is 0 Å². The van der Waals surface area contributed by atoms with E-state index in [-0.39, 0.29) is 0 Å². The highest BCUT2D eigenvalue weighted by Crippen LogP contribution is 2.54. The van der Waals surface area contributed by atoms with Gasteiger partial charge in [-0.1, -0.05) is 254 Å². The van der Waals surface area contributed by atoms with Gasteiger partial charge in [-0.25, -0.2) is 0 Å². The van der Waals surface area contributed by atoms with E-state index in [0.29, 0.717) is 0 Å². The number of fused-ring (bicyclic) bond motifs is 3. The maximum atomic E-state index is 2.45. The normalized spacial score (nSPS) is 11.4. The van der Waals surface area contributed by atoms with E-state index in [1.54, 1.807) is 0 Å². The molecule has 0 aliphatic carbocycles. The molecule has 0 fully saturated rings. The molecule has 0 N–H and O–H groups in total. The van der Waals surface area contributed by atoms with Gasteiger partial charge in [-0.3, -0.25) is 0 Å². The highest BCUT2D eigenvalue weighted by atomic mass is 14.3. The van der Waals surface area contributed by atoms with Crippen LogP contribution in [0.1, 0.15) is 5.56 Å². The minimum Gasteiger partial charge on any atom is -0.0622 e. The summed E-state index contributed by atoms with van der Waals surface area (Å²) >= 11 is 0. The Balaban J connectivity index is 1.22. The van der Waals surface area contributed by atoms with Crippen LogP contribution in [0.4, 0.5) is 0 Å². The lowest BCUT2D eigenvalue weighted by Crippen LogP contribution is -1.98. The Kier molecular flexibility index (Phi) is 10.2. The molecule has 314 valence electrons. The van der Waals surface area contributed by atoms with E-state index in [2.05, 4.69) is 268 Å². The Bertz CT molecular complexity index is 3710. The van der Waals surface area contributed by atoms with Gasteiger partial charge in [0.25, 0.3) is 0 Å². The fourth-order valence-corrected chi connectivity index (χ4v) is 10.3. The lowest BCUT2D eigenvalue weighted by atomic mass is 9.77.